The first-order valence-electron chi connectivity index (χ1n) is 11.6. The van der Waals surface area contributed by atoms with Crippen molar-refractivity contribution in [3.63, 3.8) is 0 Å². The number of hydrogen-bond acceptors (Lipinski definition) is 8. The van der Waals surface area contributed by atoms with Gasteiger partial charge in [-0.25, -0.2) is 0 Å². The normalized spacial score (nSPS) is 16.3. The Morgan fingerprint density at radius 3 is 2.62 bits per heavy atom. The highest BCUT2D eigenvalue weighted by atomic mass is 35.5. The predicted octanol–water partition coefficient (Wildman–Crippen LogP) is 2.28. The number of halogens is 1. The summed E-state index contributed by atoms with van der Waals surface area (Å²) < 4.78 is 13.0. The van der Waals surface area contributed by atoms with Gasteiger partial charge >= 0.3 is 0 Å². The molecule has 10 heteroatoms. The zero-order valence-electron chi connectivity index (χ0n) is 19.3. The second-order valence-electron chi connectivity index (χ2n) is 8.52. The van der Waals surface area contributed by atoms with Gasteiger partial charge in [0, 0.05) is 44.9 Å². The first-order chi connectivity index (χ1) is 16.2. The molecule has 1 fully saturated rings. The van der Waals surface area contributed by atoms with Crippen molar-refractivity contribution in [2.45, 2.75) is 32.0 Å². The molecule has 5 heterocycles. The van der Waals surface area contributed by atoms with Crippen LogP contribution >= 0.6 is 12.4 Å². The van der Waals surface area contributed by atoms with E-state index in [1.165, 1.54) is 0 Å². The van der Waals surface area contributed by atoms with Crippen LogP contribution in [0.25, 0.3) is 11.0 Å². The van der Waals surface area contributed by atoms with Gasteiger partial charge < -0.3 is 29.6 Å². The van der Waals surface area contributed by atoms with Crippen LogP contribution in [0.4, 0.5) is 5.69 Å². The molecule has 2 N–H and O–H groups in total. The SMILES string of the molecule is CNc1cnc2ccc(=O)n(CCN3CCC(NCc4cc5c(cn4)OCCO5)CC3)c2c1.Cl. The fourth-order valence-corrected chi connectivity index (χ4v) is 4.47. The molecule has 9 nitrogen and oxygen atoms in total. The number of rotatable bonds is 7. The molecule has 182 valence electrons. The molecular weight excluding hydrogens is 456 g/mol. The van der Waals surface area contributed by atoms with Crippen LogP contribution in [0.5, 0.6) is 11.5 Å². The number of aromatic nitrogens is 3. The third kappa shape index (κ3) is 5.43. The summed E-state index contributed by atoms with van der Waals surface area (Å²) in [6.07, 6.45) is 5.68. The molecule has 0 saturated carbocycles. The van der Waals surface area contributed by atoms with Gasteiger partial charge in [-0.15, -0.1) is 12.4 Å². The minimum atomic E-state index is 0. The van der Waals surface area contributed by atoms with Crippen molar-refractivity contribution in [2.24, 2.45) is 0 Å². The van der Waals surface area contributed by atoms with Crippen molar-refractivity contribution < 1.29 is 9.47 Å². The van der Waals surface area contributed by atoms with Crippen molar-refractivity contribution in [2.75, 3.05) is 45.2 Å². The van der Waals surface area contributed by atoms with E-state index in [4.69, 9.17) is 9.47 Å². The summed E-state index contributed by atoms with van der Waals surface area (Å²) in [6.45, 7) is 5.39. The predicted molar refractivity (Wildman–Crippen MR) is 134 cm³/mol. The topological polar surface area (TPSA) is 93.5 Å². The Morgan fingerprint density at radius 2 is 1.82 bits per heavy atom. The third-order valence-corrected chi connectivity index (χ3v) is 6.41. The van der Waals surface area contributed by atoms with E-state index < -0.39 is 0 Å². The molecule has 3 aromatic heterocycles. The monoisotopic (exact) mass is 486 g/mol. The van der Waals surface area contributed by atoms with Crippen LogP contribution in [-0.4, -0.2) is 65.4 Å². The standard InChI is InChI=1S/C24H30N6O3.ClH/c1-25-18-12-21-20(28-14-18)2-3-24(31)30(21)9-8-29-6-4-17(5-7-29)26-15-19-13-22-23(16-27-19)33-11-10-32-22;/h2-3,12-14,16-17,25-26H,4-11,15H2,1H3;1H. The number of anilines is 1. The van der Waals surface area contributed by atoms with Crippen LogP contribution in [-0.2, 0) is 13.1 Å². The molecule has 0 aliphatic carbocycles. The van der Waals surface area contributed by atoms with Crippen LogP contribution in [0.3, 0.4) is 0 Å². The van der Waals surface area contributed by atoms with Gasteiger partial charge in [0.25, 0.3) is 5.56 Å². The lowest BCUT2D eigenvalue weighted by molar-refractivity contribution is 0.170. The second kappa shape index (κ2) is 11.0. The minimum absolute atomic E-state index is 0. The van der Waals surface area contributed by atoms with Gasteiger partial charge in [0.05, 0.1) is 34.8 Å². The van der Waals surface area contributed by atoms with E-state index in [-0.39, 0.29) is 18.0 Å². The molecule has 0 unspecified atom stereocenters. The molecule has 0 amide bonds. The molecule has 0 radical (unpaired) electrons. The van der Waals surface area contributed by atoms with Gasteiger partial charge in [-0.05, 0) is 38.1 Å². The molecule has 0 bridgehead atoms. The number of pyridine rings is 3. The van der Waals surface area contributed by atoms with E-state index in [0.717, 1.165) is 66.4 Å². The van der Waals surface area contributed by atoms with E-state index >= 15 is 0 Å². The second-order valence-corrected chi connectivity index (χ2v) is 8.52. The number of nitrogens with one attached hydrogen (secondary N) is 2. The molecule has 0 spiro atoms. The maximum Gasteiger partial charge on any atom is 0.251 e. The Balaban J connectivity index is 0.00000274. The molecule has 1 saturated heterocycles. The number of ether oxygens (including phenoxy) is 2. The smallest absolute Gasteiger partial charge is 0.251 e. The summed E-state index contributed by atoms with van der Waals surface area (Å²) in [6, 6.07) is 7.81. The van der Waals surface area contributed by atoms with Gasteiger partial charge in [-0.2, -0.15) is 0 Å². The first-order valence-corrected chi connectivity index (χ1v) is 11.6. The van der Waals surface area contributed by atoms with Crippen LogP contribution in [0, 0.1) is 0 Å². The van der Waals surface area contributed by atoms with Gasteiger partial charge in [0.2, 0.25) is 0 Å². The zero-order chi connectivity index (χ0) is 22.6. The minimum Gasteiger partial charge on any atom is -0.486 e. The number of piperidine rings is 1. The fraction of sp³-hybridized carbons (Fsp3) is 0.458. The van der Waals surface area contributed by atoms with Gasteiger partial charge in [-0.1, -0.05) is 0 Å². The molecule has 2 aliphatic heterocycles. The molecule has 2 aliphatic rings. The highest BCUT2D eigenvalue weighted by Crippen LogP contribution is 2.29. The largest absolute Gasteiger partial charge is 0.486 e. The zero-order valence-corrected chi connectivity index (χ0v) is 20.1. The van der Waals surface area contributed by atoms with E-state index in [1.807, 2.05) is 23.7 Å². The Hall–Kier alpha value is -2.88. The number of nitrogens with zero attached hydrogens (tertiary/aromatic N) is 4. The number of fused-ring (bicyclic) bond motifs is 2. The van der Waals surface area contributed by atoms with Gasteiger partial charge in [0.1, 0.15) is 13.2 Å². The average Bonchev–Trinajstić information content (AvgIpc) is 2.87. The van der Waals surface area contributed by atoms with E-state index in [2.05, 4.69) is 25.5 Å². The van der Waals surface area contributed by atoms with Crippen LogP contribution < -0.4 is 25.7 Å². The van der Waals surface area contributed by atoms with Crippen LogP contribution in [0.1, 0.15) is 18.5 Å². The summed E-state index contributed by atoms with van der Waals surface area (Å²) in [5, 5.41) is 6.73. The Morgan fingerprint density at radius 1 is 1.03 bits per heavy atom. The quantitative estimate of drug-likeness (QED) is 0.525. The molecule has 0 atom stereocenters. The van der Waals surface area contributed by atoms with E-state index in [9.17, 15) is 4.79 Å². The lowest BCUT2D eigenvalue weighted by Gasteiger charge is -2.32. The Bertz CT molecular complexity index is 1180. The van der Waals surface area contributed by atoms with Crippen molar-refractivity contribution in [1.29, 1.82) is 0 Å². The van der Waals surface area contributed by atoms with Crippen molar-refractivity contribution in [3.05, 3.63) is 52.7 Å². The number of hydrogen-bond donors (Lipinski definition) is 2. The summed E-state index contributed by atoms with van der Waals surface area (Å²) >= 11 is 0. The van der Waals surface area contributed by atoms with E-state index in [0.29, 0.717) is 32.3 Å². The highest BCUT2D eigenvalue weighted by molar-refractivity contribution is 5.85. The number of likely N-dealkylation sites (tertiary alicyclic amines) is 1. The van der Waals surface area contributed by atoms with Gasteiger partial charge in [0.15, 0.2) is 11.5 Å². The van der Waals surface area contributed by atoms with E-state index in [1.54, 1.807) is 24.5 Å². The molecular formula is C24H31ClN6O3. The van der Waals surface area contributed by atoms with Crippen LogP contribution in [0.15, 0.2) is 41.5 Å². The van der Waals surface area contributed by atoms with Gasteiger partial charge in [-0.3, -0.25) is 14.8 Å². The first kappa shape index (κ1) is 24.3. The van der Waals surface area contributed by atoms with Crippen molar-refractivity contribution in [3.8, 4) is 11.5 Å². The lowest BCUT2D eigenvalue weighted by atomic mass is 10.0. The van der Waals surface area contributed by atoms with Crippen molar-refractivity contribution >= 4 is 29.1 Å². The maximum atomic E-state index is 12.5. The molecule has 34 heavy (non-hydrogen) atoms. The summed E-state index contributed by atoms with van der Waals surface area (Å²) in [5.74, 6) is 1.50. The summed E-state index contributed by atoms with van der Waals surface area (Å²) in [4.78, 5) is 23.9. The fourth-order valence-electron chi connectivity index (χ4n) is 4.47. The average molecular weight is 487 g/mol. The highest BCUT2D eigenvalue weighted by Gasteiger charge is 2.20. The summed E-state index contributed by atoms with van der Waals surface area (Å²) in [5.41, 5.74) is 3.59. The van der Waals surface area contributed by atoms with Crippen LogP contribution in [0.2, 0.25) is 0 Å². The molecule has 3 aromatic rings. The maximum absolute atomic E-state index is 12.5. The Labute approximate surface area is 204 Å². The van der Waals surface area contributed by atoms with Crippen molar-refractivity contribution in [1.82, 2.24) is 24.8 Å². The summed E-state index contributed by atoms with van der Waals surface area (Å²) in [7, 11) is 1.86. The molecule has 5 rings (SSSR count). The third-order valence-electron chi connectivity index (χ3n) is 6.41. The Kier molecular flexibility index (Phi) is 7.87. The lowest BCUT2D eigenvalue weighted by Crippen LogP contribution is -2.43. The molecule has 0 aromatic carbocycles.